The summed E-state index contributed by atoms with van der Waals surface area (Å²) in [6.07, 6.45) is 1.71. The van der Waals surface area contributed by atoms with Gasteiger partial charge in [-0.25, -0.2) is 0 Å². The van der Waals surface area contributed by atoms with Crippen molar-refractivity contribution in [2.75, 3.05) is 0 Å². The third-order valence-electron chi connectivity index (χ3n) is 8.13. The average Bonchev–Trinajstić information content (AvgIpc) is 3.44. The molecule has 0 saturated carbocycles. The number of hydrogen-bond donors (Lipinski definition) is 0. The smallest absolute Gasteiger partial charge is 0.293 e. The van der Waals surface area contributed by atoms with Crippen molar-refractivity contribution in [3.05, 3.63) is 190 Å². The van der Waals surface area contributed by atoms with Gasteiger partial charge < -0.3 is 18.9 Å². The second kappa shape index (κ2) is 16.6. The second-order valence-corrected chi connectivity index (χ2v) is 13.0. The SMILES string of the molecule is O=C1S/C(=C/c2cccc(Oc3ccccc3)c2)C(=O)N1Cc1cc(OCc2ccccc2)c(OCc2ccccc2)c(OCc2ccccc2)c1. The van der Waals surface area contributed by atoms with Gasteiger partial charge in [-0.3, -0.25) is 14.5 Å². The molecule has 1 heterocycles. The van der Waals surface area contributed by atoms with Crippen LogP contribution < -0.4 is 18.9 Å². The van der Waals surface area contributed by atoms with E-state index in [1.807, 2.05) is 158 Å². The maximum absolute atomic E-state index is 13.7. The molecule has 1 aliphatic heterocycles. The number of para-hydroxylation sites is 1. The van der Waals surface area contributed by atoms with Gasteiger partial charge in [-0.1, -0.05) is 121 Å². The number of hydrogen-bond acceptors (Lipinski definition) is 7. The molecule has 258 valence electrons. The summed E-state index contributed by atoms with van der Waals surface area (Å²) in [5.41, 5.74) is 4.33. The summed E-state index contributed by atoms with van der Waals surface area (Å²) >= 11 is 0.909. The lowest BCUT2D eigenvalue weighted by atomic mass is 10.1. The lowest BCUT2D eigenvalue weighted by Crippen LogP contribution is -2.27. The Bertz CT molecular complexity index is 2090. The van der Waals surface area contributed by atoms with Gasteiger partial charge in [0.05, 0.1) is 11.4 Å². The highest BCUT2D eigenvalue weighted by atomic mass is 32.2. The number of carbonyl (C=O) groups excluding carboxylic acids is 2. The van der Waals surface area contributed by atoms with Gasteiger partial charge in [0.15, 0.2) is 11.5 Å². The Hall–Kier alpha value is -6.25. The third-order valence-corrected chi connectivity index (χ3v) is 9.04. The van der Waals surface area contributed by atoms with Crippen LogP contribution in [0.15, 0.2) is 163 Å². The second-order valence-electron chi connectivity index (χ2n) is 12.0. The van der Waals surface area contributed by atoms with Gasteiger partial charge in [-0.15, -0.1) is 0 Å². The van der Waals surface area contributed by atoms with Crippen LogP contribution >= 0.6 is 11.8 Å². The first kappa shape index (κ1) is 34.2. The number of thioether (sulfide) groups is 1. The van der Waals surface area contributed by atoms with Crippen LogP contribution in [0.3, 0.4) is 0 Å². The first-order valence-electron chi connectivity index (χ1n) is 16.8. The molecule has 6 aromatic carbocycles. The fourth-order valence-corrected chi connectivity index (χ4v) is 6.38. The summed E-state index contributed by atoms with van der Waals surface area (Å²) in [7, 11) is 0. The van der Waals surface area contributed by atoms with E-state index in [0.717, 1.165) is 34.0 Å². The standard InChI is InChI=1S/C44H35NO6S/c46-43-41(27-35-20-13-23-38(24-35)51-37-21-11-4-12-22-37)52-44(47)45(43)28-36-25-39(48-29-32-14-5-1-6-15-32)42(50-31-34-18-9-3-10-19-34)40(26-36)49-30-33-16-7-2-8-17-33/h1-27H,28-31H2/b41-27+. The van der Waals surface area contributed by atoms with E-state index in [-0.39, 0.29) is 37.5 Å². The van der Waals surface area contributed by atoms with Gasteiger partial charge in [-0.05, 0) is 82.1 Å². The van der Waals surface area contributed by atoms with Crippen LogP contribution in [0.4, 0.5) is 4.79 Å². The van der Waals surface area contributed by atoms with Crippen LogP contribution in [0.1, 0.15) is 27.8 Å². The fourth-order valence-electron chi connectivity index (χ4n) is 5.54. The Labute approximate surface area is 307 Å². The zero-order valence-corrected chi connectivity index (χ0v) is 29.0. The molecular formula is C44H35NO6S. The van der Waals surface area contributed by atoms with E-state index in [4.69, 9.17) is 18.9 Å². The average molecular weight is 706 g/mol. The number of ether oxygens (including phenoxy) is 4. The Morgan fingerprint density at radius 1 is 0.519 bits per heavy atom. The normalized spacial score (nSPS) is 13.3. The number of nitrogens with zero attached hydrogens (tertiary/aromatic N) is 1. The van der Waals surface area contributed by atoms with Crippen molar-refractivity contribution < 1.29 is 28.5 Å². The molecular weight excluding hydrogens is 671 g/mol. The van der Waals surface area contributed by atoms with Crippen LogP contribution in [0.5, 0.6) is 28.7 Å². The van der Waals surface area contributed by atoms with E-state index < -0.39 is 0 Å². The monoisotopic (exact) mass is 705 g/mol. The van der Waals surface area contributed by atoms with Crippen molar-refractivity contribution in [3.8, 4) is 28.7 Å². The maximum Gasteiger partial charge on any atom is 0.293 e. The molecule has 1 aliphatic rings. The molecule has 0 aromatic heterocycles. The summed E-state index contributed by atoms with van der Waals surface area (Å²) in [6.45, 7) is 0.861. The lowest BCUT2D eigenvalue weighted by molar-refractivity contribution is -0.123. The molecule has 0 bridgehead atoms. The zero-order valence-electron chi connectivity index (χ0n) is 28.2. The van der Waals surface area contributed by atoms with Crippen molar-refractivity contribution in [1.29, 1.82) is 0 Å². The number of amides is 2. The molecule has 0 unspecified atom stereocenters. The molecule has 1 saturated heterocycles. The minimum atomic E-state index is -0.382. The Morgan fingerprint density at radius 2 is 1.02 bits per heavy atom. The largest absolute Gasteiger partial charge is 0.485 e. The first-order chi connectivity index (χ1) is 25.6. The minimum absolute atomic E-state index is 0.0154. The third kappa shape index (κ3) is 8.91. The van der Waals surface area contributed by atoms with Crippen LogP contribution in [-0.2, 0) is 31.2 Å². The first-order valence-corrected chi connectivity index (χ1v) is 17.6. The molecule has 6 aromatic rings. The van der Waals surface area contributed by atoms with Gasteiger partial charge in [0, 0.05) is 0 Å². The summed E-state index contributed by atoms with van der Waals surface area (Å²) < 4.78 is 25.2. The quantitative estimate of drug-likeness (QED) is 0.104. The molecule has 2 amide bonds. The van der Waals surface area contributed by atoms with Gasteiger partial charge in [0.1, 0.15) is 31.3 Å². The molecule has 0 spiro atoms. The van der Waals surface area contributed by atoms with Gasteiger partial charge in [0.25, 0.3) is 11.1 Å². The fraction of sp³-hybridized carbons (Fsp3) is 0.0909. The van der Waals surface area contributed by atoms with E-state index in [1.165, 1.54) is 4.90 Å². The van der Waals surface area contributed by atoms with Crippen molar-refractivity contribution in [2.24, 2.45) is 0 Å². The van der Waals surface area contributed by atoms with Gasteiger partial charge in [0.2, 0.25) is 5.75 Å². The van der Waals surface area contributed by atoms with Gasteiger partial charge >= 0.3 is 0 Å². The molecule has 52 heavy (non-hydrogen) atoms. The van der Waals surface area contributed by atoms with Crippen molar-refractivity contribution in [1.82, 2.24) is 4.90 Å². The molecule has 7 nitrogen and oxygen atoms in total. The van der Waals surface area contributed by atoms with E-state index >= 15 is 0 Å². The van der Waals surface area contributed by atoms with Crippen molar-refractivity contribution in [3.63, 3.8) is 0 Å². The van der Waals surface area contributed by atoms with Crippen molar-refractivity contribution in [2.45, 2.75) is 26.4 Å². The molecule has 0 radical (unpaired) electrons. The molecule has 0 aliphatic carbocycles. The van der Waals surface area contributed by atoms with E-state index in [1.54, 1.807) is 6.08 Å². The highest BCUT2D eigenvalue weighted by Crippen LogP contribution is 2.42. The number of rotatable bonds is 14. The highest BCUT2D eigenvalue weighted by molar-refractivity contribution is 8.18. The van der Waals surface area contributed by atoms with Crippen LogP contribution in [-0.4, -0.2) is 16.0 Å². The van der Waals surface area contributed by atoms with Crippen LogP contribution in [0.25, 0.3) is 6.08 Å². The molecule has 8 heteroatoms. The summed E-state index contributed by atoms with van der Waals surface area (Å²) in [6, 6.07) is 50.0. The Balaban J connectivity index is 1.17. The minimum Gasteiger partial charge on any atom is -0.485 e. The maximum atomic E-state index is 13.7. The number of benzene rings is 6. The molecule has 0 N–H and O–H groups in total. The number of carbonyl (C=O) groups is 2. The lowest BCUT2D eigenvalue weighted by Gasteiger charge is -2.20. The Kier molecular flexibility index (Phi) is 10.9. The number of imide groups is 1. The van der Waals surface area contributed by atoms with Crippen LogP contribution in [0, 0.1) is 0 Å². The predicted octanol–water partition coefficient (Wildman–Crippen LogP) is 10.5. The van der Waals surface area contributed by atoms with E-state index in [0.29, 0.717) is 39.2 Å². The molecule has 7 rings (SSSR count). The summed E-state index contributed by atoms with van der Waals surface area (Å²) in [4.78, 5) is 28.6. The van der Waals surface area contributed by atoms with E-state index in [2.05, 4.69) is 0 Å². The van der Waals surface area contributed by atoms with Crippen molar-refractivity contribution >= 4 is 29.0 Å². The van der Waals surface area contributed by atoms with Gasteiger partial charge in [-0.2, -0.15) is 0 Å². The van der Waals surface area contributed by atoms with E-state index in [9.17, 15) is 9.59 Å². The summed E-state index contributed by atoms with van der Waals surface area (Å²) in [5.74, 6) is 2.27. The highest BCUT2D eigenvalue weighted by Gasteiger charge is 2.35. The molecule has 0 atom stereocenters. The predicted molar refractivity (Wildman–Crippen MR) is 203 cm³/mol. The summed E-state index contributed by atoms with van der Waals surface area (Å²) in [5, 5.41) is -0.365. The van der Waals surface area contributed by atoms with Crippen LogP contribution in [0.2, 0.25) is 0 Å². The Morgan fingerprint density at radius 3 is 1.58 bits per heavy atom. The zero-order chi connectivity index (χ0) is 35.5. The molecule has 1 fully saturated rings. The topological polar surface area (TPSA) is 74.3 Å².